The molecular formula is C23H30Cl2N4O2. The summed E-state index contributed by atoms with van der Waals surface area (Å²) in [5.41, 5.74) is 9.57. The third kappa shape index (κ3) is 5.14. The number of aryl methyl sites for hydroxylation is 1. The summed E-state index contributed by atoms with van der Waals surface area (Å²) in [4.78, 5) is 19.7. The minimum absolute atomic E-state index is 0. The number of benzene rings is 1. The first-order valence-electron chi connectivity index (χ1n) is 10.0. The summed E-state index contributed by atoms with van der Waals surface area (Å²) in [6.07, 6.45) is 4.74. The lowest BCUT2D eigenvalue weighted by Gasteiger charge is -2.42. The third-order valence-electron chi connectivity index (χ3n) is 5.82. The second-order valence-electron chi connectivity index (χ2n) is 8.55. The molecule has 0 spiro atoms. The standard InChI is InChI=1S/C23H28N4O2.2ClH/c1-16-7-6-11-26-13-17(25-21(16)26)14-29-19-9-5-4-8-18(19)22(28)27-12-10-20(24)23(2,3)15-27;;/h4-9,11,13,20H,10,12,14-15,24H2,1-3H3;2*1H. The Kier molecular flexibility index (Phi) is 7.98. The number of likely N-dealkylation sites (tertiary alicyclic amines) is 1. The fraction of sp³-hybridized carbons (Fsp3) is 0.391. The molecule has 1 aromatic carbocycles. The summed E-state index contributed by atoms with van der Waals surface area (Å²) in [6.45, 7) is 7.89. The first kappa shape index (κ1) is 25.0. The molecule has 1 saturated heterocycles. The molecule has 1 amide bonds. The fourth-order valence-corrected chi connectivity index (χ4v) is 3.91. The molecule has 3 aromatic rings. The molecule has 1 unspecified atom stereocenters. The molecule has 1 fully saturated rings. The molecule has 8 heteroatoms. The number of pyridine rings is 1. The predicted octanol–water partition coefficient (Wildman–Crippen LogP) is 4.26. The van der Waals surface area contributed by atoms with Gasteiger partial charge in [-0.1, -0.05) is 32.0 Å². The van der Waals surface area contributed by atoms with Crippen molar-refractivity contribution in [1.82, 2.24) is 14.3 Å². The Morgan fingerprint density at radius 2 is 1.97 bits per heavy atom. The normalized spacial score (nSPS) is 17.5. The first-order valence-corrected chi connectivity index (χ1v) is 10.0. The number of para-hydroxylation sites is 1. The number of carbonyl (C=O) groups is 1. The minimum atomic E-state index is -0.0991. The lowest BCUT2D eigenvalue weighted by Crippen LogP contribution is -2.54. The molecular weight excluding hydrogens is 435 g/mol. The van der Waals surface area contributed by atoms with Gasteiger partial charge < -0.3 is 19.8 Å². The van der Waals surface area contributed by atoms with E-state index in [-0.39, 0.29) is 42.2 Å². The Labute approximate surface area is 195 Å². The first-order chi connectivity index (χ1) is 13.8. The molecule has 1 aliphatic heterocycles. The summed E-state index contributed by atoms with van der Waals surface area (Å²) in [6, 6.07) is 11.6. The molecule has 3 heterocycles. The van der Waals surface area contributed by atoms with Gasteiger partial charge in [0.05, 0.1) is 11.3 Å². The molecule has 0 radical (unpaired) electrons. The van der Waals surface area contributed by atoms with Gasteiger partial charge in [0, 0.05) is 31.5 Å². The highest BCUT2D eigenvalue weighted by atomic mass is 35.5. The van der Waals surface area contributed by atoms with Crippen LogP contribution >= 0.6 is 24.8 Å². The summed E-state index contributed by atoms with van der Waals surface area (Å²) in [7, 11) is 0. The van der Waals surface area contributed by atoms with Gasteiger partial charge in [-0.3, -0.25) is 4.79 Å². The molecule has 6 nitrogen and oxygen atoms in total. The Balaban J connectivity index is 0.00000171. The number of hydrogen-bond acceptors (Lipinski definition) is 4. The summed E-state index contributed by atoms with van der Waals surface area (Å²) in [5, 5.41) is 0. The summed E-state index contributed by atoms with van der Waals surface area (Å²) in [5.74, 6) is 0.574. The van der Waals surface area contributed by atoms with Crippen LogP contribution in [0.15, 0.2) is 48.8 Å². The predicted molar refractivity (Wildman–Crippen MR) is 127 cm³/mol. The minimum Gasteiger partial charge on any atom is -0.486 e. The van der Waals surface area contributed by atoms with Crippen LogP contribution in [0, 0.1) is 12.3 Å². The number of halogens is 2. The van der Waals surface area contributed by atoms with Crippen molar-refractivity contribution in [3.8, 4) is 5.75 Å². The van der Waals surface area contributed by atoms with Crippen LogP contribution in [0.25, 0.3) is 5.65 Å². The Bertz CT molecular complexity index is 1050. The highest BCUT2D eigenvalue weighted by Crippen LogP contribution is 2.30. The van der Waals surface area contributed by atoms with E-state index >= 15 is 0 Å². The molecule has 168 valence electrons. The highest BCUT2D eigenvalue weighted by Gasteiger charge is 2.36. The molecule has 2 N–H and O–H groups in total. The quantitative estimate of drug-likeness (QED) is 0.625. The SMILES string of the molecule is Cc1cccn2cc(COc3ccccc3C(=O)N3CCC(N)C(C)(C)C3)nc12.Cl.Cl. The van der Waals surface area contributed by atoms with Crippen LogP contribution in [0.2, 0.25) is 0 Å². The second-order valence-corrected chi connectivity index (χ2v) is 8.55. The Morgan fingerprint density at radius 1 is 1.23 bits per heavy atom. The fourth-order valence-electron chi connectivity index (χ4n) is 3.91. The molecule has 0 saturated carbocycles. The largest absolute Gasteiger partial charge is 0.486 e. The number of nitrogens with zero attached hydrogens (tertiary/aromatic N) is 3. The van der Waals surface area contributed by atoms with Gasteiger partial charge in [-0.2, -0.15) is 0 Å². The zero-order valence-corrected chi connectivity index (χ0v) is 19.7. The van der Waals surface area contributed by atoms with Gasteiger partial charge >= 0.3 is 0 Å². The number of rotatable bonds is 4. The van der Waals surface area contributed by atoms with Crippen LogP contribution in [-0.2, 0) is 6.61 Å². The van der Waals surface area contributed by atoms with Gasteiger partial charge in [-0.15, -0.1) is 24.8 Å². The lowest BCUT2D eigenvalue weighted by molar-refractivity contribution is 0.0528. The molecule has 1 aliphatic rings. The van der Waals surface area contributed by atoms with E-state index in [4.69, 9.17) is 10.5 Å². The maximum atomic E-state index is 13.2. The van der Waals surface area contributed by atoms with Gasteiger partial charge in [0.25, 0.3) is 5.91 Å². The topological polar surface area (TPSA) is 72.9 Å². The monoisotopic (exact) mass is 464 g/mol. The van der Waals surface area contributed by atoms with E-state index in [1.54, 1.807) is 0 Å². The smallest absolute Gasteiger partial charge is 0.257 e. The Hall–Kier alpha value is -2.28. The number of imidazole rings is 1. The lowest BCUT2D eigenvalue weighted by atomic mass is 9.79. The second kappa shape index (κ2) is 9.90. The van der Waals surface area contributed by atoms with E-state index < -0.39 is 0 Å². The van der Waals surface area contributed by atoms with E-state index in [2.05, 4.69) is 18.8 Å². The van der Waals surface area contributed by atoms with Gasteiger partial charge in [-0.05, 0) is 42.5 Å². The summed E-state index contributed by atoms with van der Waals surface area (Å²) < 4.78 is 8.02. The molecule has 0 bridgehead atoms. The summed E-state index contributed by atoms with van der Waals surface area (Å²) >= 11 is 0. The van der Waals surface area contributed by atoms with Crippen molar-refractivity contribution in [3.05, 3.63) is 65.6 Å². The number of carbonyl (C=O) groups excluding carboxylic acids is 1. The maximum absolute atomic E-state index is 13.2. The van der Waals surface area contributed by atoms with E-state index in [9.17, 15) is 4.79 Å². The van der Waals surface area contributed by atoms with Gasteiger partial charge in [-0.25, -0.2) is 4.98 Å². The van der Waals surface area contributed by atoms with Crippen molar-refractivity contribution < 1.29 is 9.53 Å². The Morgan fingerprint density at radius 3 is 2.68 bits per heavy atom. The van der Waals surface area contributed by atoms with Crippen LogP contribution in [0.4, 0.5) is 0 Å². The van der Waals surface area contributed by atoms with Crippen molar-refractivity contribution >= 4 is 36.4 Å². The van der Waals surface area contributed by atoms with Crippen molar-refractivity contribution in [2.75, 3.05) is 13.1 Å². The number of hydrogen-bond donors (Lipinski definition) is 1. The van der Waals surface area contributed by atoms with E-state index in [1.165, 1.54) is 0 Å². The number of aromatic nitrogens is 2. The van der Waals surface area contributed by atoms with Crippen molar-refractivity contribution in [2.24, 2.45) is 11.1 Å². The van der Waals surface area contributed by atoms with Crippen LogP contribution in [0.5, 0.6) is 5.75 Å². The van der Waals surface area contributed by atoms with Crippen molar-refractivity contribution in [1.29, 1.82) is 0 Å². The van der Waals surface area contributed by atoms with Gasteiger partial charge in [0.1, 0.15) is 18.0 Å². The zero-order valence-electron chi connectivity index (χ0n) is 18.1. The highest BCUT2D eigenvalue weighted by molar-refractivity contribution is 5.97. The van der Waals surface area contributed by atoms with Crippen LogP contribution in [0.3, 0.4) is 0 Å². The zero-order chi connectivity index (χ0) is 20.6. The van der Waals surface area contributed by atoms with Gasteiger partial charge in [0.15, 0.2) is 0 Å². The molecule has 2 aromatic heterocycles. The molecule has 1 atom stereocenters. The van der Waals surface area contributed by atoms with Crippen molar-refractivity contribution in [2.45, 2.75) is 39.8 Å². The number of piperidine rings is 1. The molecule has 0 aliphatic carbocycles. The maximum Gasteiger partial charge on any atom is 0.257 e. The van der Waals surface area contributed by atoms with Crippen LogP contribution < -0.4 is 10.5 Å². The number of ether oxygens (including phenoxy) is 1. The van der Waals surface area contributed by atoms with E-state index in [1.807, 2.05) is 65.0 Å². The van der Waals surface area contributed by atoms with Crippen LogP contribution in [0.1, 0.15) is 41.9 Å². The molecule has 4 rings (SSSR count). The average molecular weight is 465 g/mol. The van der Waals surface area contributed by atoms with Crippen molar-refractivity contribution in [3.63, 3.8) is 0 Å². The number of amides is 1. The average Bonchev–Trinajstić information content (AvgIpc) is 3.13. The number of fused-ring (bicyclic) bond motifs is 1. The van der Waals surface area contributed by atoms with E-state index in [0.29, 0.717) is 31.0 Å². The van der Waals surface area contributed by atoms with E-state index in [0.717, 1.165) is 23.3 Å². The number of nitrogens with two attached hydrogens (primary N) is 1. The van der Waals surface area contributed by atoms with Crippen LogP contribution in [-0.4, -0.2) is 39.3 Å². The van der Waals surface area contributed by atoms with Gasteiger partial charge in [0.2, 0.25) is 0 Å². The third-order valence-corrected chi connectivity index (χ3v) is 5.82. The molecule has 31 heavy (non-hydrogen) atoms.